The third kappa shape index (κ3) is 4.72. The SMILES string of the molecule is Cc1nc(C(=O)NS(=O)(=O)c2ccc([N+](=O)[O-])cc2)oc1N(c1ccccc1)C(C)C. The number of hydrogen-bond donors (Lipinski definition) is 1. The molecule has 31 heavy (non-hydrogen) atoms. The second kappa shape index (κ2) is 8.56. The van der Waals surface area contributed by atoms with Crippen LogP contribution in [-0.4, -0.2) is 30.3 Å². The molecule has 3 rings (SSSR count). The Kier molecular flexibility index (Phi) is 6.07. The van der Waals surface area contributed by atoms with Crippen LogP contribution in [0.4, 0.5) is 17.3 Å². The number of carbonyl (C=O) groups excluding carboxylic acids is 1. The monoisotopic (exact) mass is 444 g/mol. The fraction of sp³-hybridized carbons (Fsp3) is 0.200. The van der Waals surface area contributed by atoms with Crippen molar-refractivity contribution in [2.24, 2.45) is 0 Å². The van der Waals surface area contributed by atoms with Crippen LogP contribution in [0.5, 0.6) is 0 Å². The predicted molar refractivity (Wildman–Crippen MR) is 113 cm³/mol. The minimum absolute atomic E-state index is 0.0335. The molecule has 3 aromatic rings. The van der Waals surface area contributed by atoms with E-state index < -0.39 is 26.7 Å². The van der Waals surface area contributed by atoms with Crippen LogP contribution in [0.3, 0.4) is 0 Å². The van der Waals surface area contributed by atoms with E-state index >= 15 is 0 Å². The third-order valence-corrected chi connectivity index (χ3v) is 5.67. The van der Waals surface area contributed by atoms with Gasteiger partial charge in [0.05, 0.1) is 9.82 Å². The van der Waals surface area contributed by atoms with Gasteiger partial charge < -0.3 is 9.32 Å². The maximum Gasteiger partial charge on any atom is 0.320 e. The van der Waals surface area contributed by atoms with Crippen molar-refractivity contribution in [2.45, 2.75) is 31.7 Å². The van der Waals surface area contributed by atoms with Crippen molar-refractivity contribution < 1.29 is 22.6 Å². The highest BCUT2D eigenvalue weighted by Crippen LogP contribution is 2.31. The quantitative estimate of drug-likeness (QED) is 0.432. The maximum absolute atomic E-state index is 12.5. The number of rotatable bonds is 7. The Morgan fingerprint density at radius 2 is 1.74 bits per heavy atom. The summed E-state index contributed by atoms with van der Waals surface area (Å²) in [6.07, 6.45) is 0. The van der Waals surface area contributed by atoms with E-state index in [0.717, 1.165) is 30.0 Å². The Hall–Kier alpha value is -3.73. The second-order valence-corrected chi connectivity index (χ2v) is 8.58. The van der Waals surface area contributed by atoms with Gasteiger partial charge in [-0.1, -0.05) is 18.2 Å². The average molecular weight is 444 g/mol. The fourth-order valence-electron chi connectivity index (χ4n) is 2.92. The van der Waals surface area contributed by atoms with Crippen molar-refractivity contribution in [3.05, 3.63) is 76.3 Å². The van der Waals surface area contributed by atoms with Crippen LogP contribution in [-0.2, 0) is 10.0 Å². The van der Waals surface area contributed by atoms with Crippen LogP contribution in [0.2, 0.25) is 0 Å². The molecule has 10 nitrogen and oxygen atoms in total. The van der Waals surface area contributed by atoms with E-state index in [1.165, 1.54) is 0 Å². The summed E-state index contributed by atoms with van der Waals surface area (Å²) in [7, 11) is -4.28. The number of nitro benzene ring substituents is 1. The number of nitro groups is 1. The molecule has 0 fully saturated rings. The minimum Gasteiger partial charge on any atom is -0.415 e. The standard InChI is InChI=1S/C20H20N4O6S/c1-13(2)23(15-7-5-4-6-8-15)20-14(3)21-19(30-20)18(25)22-31(28,29)17-11-9-16(10-12-17)24(26)27/h4-13H,1-3H3,(H,22,25). The Bertz CT molecular complexity index is 1200. The summed E-state index contributed by atoms with van der Waals surface area (Å²) in [5.41, 5.74) is 0.963. The Morgan fingerprint density at radius 1 is 1.13 bits per heavy atom. The zero-order valence-corrected chi connectivity index (χ0v) is 17.8. The molecule has 2 aromatic carbocycles. The van der Waals surface area contributed by atoms with E-state index in [2.05, 4.69) is 4.98 Å². The van der Waals surface area contributed by atoms with Crippen LogP contribution in [0.25, 0.3) is 0 Å². The lowest BCUT2D eigenvalue weighted by molar-refractivity contribution is -0.384. The molecule has 0 aliphatic rings. The van der Waals surface area contributed by atoms with Gasteiger partial charge in [0.1, 0.15) is 5.69 Å². The first-order chi connectivity index (χ1) is 14.6. The summed E-state index contributed by atoms with van der Waals surface area (Å²) in [4.78, 5) is 28.2. The maximum atomic E-state index is 12.5. The van der Waals surface area contributed by atoms with Gasteiger partial charge in [0.25, 0.3) is 21.6 Å². The number of benzene rings is 2. The molecule has 1 heterocycles. The Balaban J connectivity index is 1.87. The van der Waals surface area contributed by atoms with Crippen molar-refractivity contribution >= 4 is 33.2 Å². The number of hydrogen-bond acceptors (Lipinski definition) is 8. The van der Waals surface area contributed by atoms with Crippen molar-refractivity contribution in [1.82, 2.24) is 9.71 Å². The molecule has 0 aliphatic carbocycles. The molecule has 1 amide bonds. The highest BCUT2D eigenvalue weighted by atomic mass is 32.2. The lowest BCUT2D eigenvalue weighted by Gasteiger charge is -2.26. The third-order valence-electron chi connectivity index (χ3n) is 4.32. The van der Waals surface area contributed by atoms with Crippen LogP contribution >= 0.6 is 0 Å². The highest BCUT2D eigenvalue weighted by molar-refractivity contribution is 7.90. The average Bonchev–Trinajstić information content (AvgIpc) is 3.10. The molecule has 0 radical (unpaired) electrons. The van der Waals surface area contributed by atoms with Gasteiger partial charge in [-0.2, -0.15) is 0 Å². The molecule has 1 aromatic heterocycles. The summed E-state index contributed by atoms with van der Waals surface area (Å²) in [5.74, 6) is -1.15. The van der Waals surface area contributed by atoms with Gasteiger partial charge in [-0.25, -0.2) is 18.1 Å². The first-order valence-corrected chi connectivity index (χ1v) is 10.7. The van der Waals surface area contributed by atoms with Gasteiger partial charge in [0.2, 0.25) is 5.88 Å². The Morgan fingerprint density at radius 3 is 2.29 bits per heavy atom. The van der Waals surface area contributed by atoms with E-state index in [1.54, 1.807) is 6.92 Å². The summed E-state index contributed by atoms with van der Waals surface area (Å²) < 4.78 is 32.5. The largest absolute Gasteiger partial charge is 0.415 e. The van der Waals surface area contributed by atoms with Gasteiger partial charge >= 0.3 is 5.91 Å². The van der Waals surface area contributed by atoms with Gasteiger partial charge in [-0.15, -0.1) is 0 Å². The summed E-state index contributed by atoms with van der Waals surface area (Å²) in [6.45, 7) is 5.53. The number of sulfonamides is 1. The first kappa shape index (κ1) is 22.0. The molecule has 162 valence electrons. The molecule has 11 heteroatoms. The van der Waals surface area contributed by atoms with E-state index in [0.29, 0.717) is 11.6 Å². The first-order valence-electron chi connectivity index (χ1n) is 9.23. The zero-order valence-electron chi connectivity index (χ0n) is 17.0. The normalized spacial score (nSPS) is 11.4. The number of anilines is 2. The van der Waals surface area contributed by atoms with E-state index in [1.807, 2.05) is 53.8 Å². The van der Waals surface area contributed by atoms with Gasteiger partial charge in [-0.05, 0) is 45.0 Å². The number of amides is 1. The molecular weight excluding hydrogens is 424 g/mol. The van der Waals surface area contributed by atoms with Crippen molar-refractivity contribution in [3.8, 4) is 0 Å². The van der Waals surface area contributed by atoms with Crippen LogP contribution in [0.15, 0.2) is 63.9 Å². The number of aryl methyl sites for hydroxylation is 1. The van der Waals surface area contributed by atoms with Crippen LogP contribution < -0.4 is 9.62 Å². The number of nitrogens with zero attached hydrogens (tertiary/aromatic N) is 3. The van der Waals surface area contributed by atoms with Crippen LogP contribution in [0, 0.1) is 17.0 Å². The van der Waals surface area contributed by atoms with E-state index in [4.69, 9.17) is 4.42 Å². The summed E-state index contributed by atoms with van der Waals surface area (Å²) >= 11 is 0. The lowest BCUT2D eigenvalue weighted by atomic mass is 10.2. The van der Waals surface area contributed by atoms with E-state index in [-0.39, 0.29) is 16.6 Å². The van der Waals surface area contributed by atoms with Gasteiger partial charge in [0.15, 0.2) is 0 Å². The molecule has 0 spiro atoms. The van der Waals surface area contributed by atoms with Gasteiger partial charge in [0, 0.05) is 23.9 Å². The molecule has 0 unspecified atom stereocenters. The molecule has 0 saturated carbocycles. The smallest absolute Gasteiger partial charge is 0.320 e. The number of para-hydroxylation sites is 1. The van der Waals surface area contributed by atoms with Crippen molar-refractivity contribution in [3.63, 3.8) is 0 Å². The van der Waals surface area contributed by atoms with Gasteiger partial charge in [-0.3, -0.25) is 14.9 Å². The summed E-state index contributed by atoms with van der Waals surface area (Å²) in [6, 6.07) is 13.5. The molecule has 0 bridgehead atoms. The minimum atomic E-state index is -4.28. The molecule has 0 aliphatic heterocycles. The number of non-ortho nitro benzene ring substituents is 1. The lowest BCUT2D eigenvalue weighted by Crippen LogP contribution is -2.30. The van der Waals surface area contributed by atoms with Crippen molar-refractivity contribution in [1.29, 1.82) is 0 Å². The predicted octanol–water partition coefficient (Wildman–Crippen LogP) is 3.56. The highest BCUT2D eigenvalue weighted by Gasteiger charge is 2.27. The van der Waals surface area contributed by atoms with Crippen LogP contribution in [0.1, 0.15) is 30.2 Å². The van der Waals surface area contributed by atoms with E-state index in [9.17, 15) is 23.3 Å². The Labute approximate surface area is 178 Å². The number of aromatic nitrogens is 1. The molecule has 0 saturated heterocycles. The summed E-state index contributed by atoms with van der Waals surface area (Å²) in [5, 5.41) is 10.7. The fourth-order valence-corrected chi connectivity index (χ4v) is 3.86. The second-order valence-electron chi connectivity index (χ2n) is 6.89. The number of carbonyl (C=O) groups is 1. The van der Waals surface area contributed by atoms with Crippen molar-refractivity contribution in [2.75, 3.05) is 4.90 Å². The molecule has 0 atom stereocenters. The number of nitrogens with one attached hydrogen (secondary N) is 1. The molecular formula is C20H20N4O6S. The topological polar surface area (TPSA) is 136 Å². The zero-order chi connectivity index (χ0) is 22.8. The molecule has 1 N–H and O–H groups in total. The number of oxazole rings is 1.